The SMILES string of the molecule is O=C(C1CC12CCc1ccccc12)N1CCC(c2nnc3n2CCNC3)CC1. The van der Waals surface area contributed by atoms with Crippen LogP contribution in [0.5, 0.6) is 0 Å². The molecule has 146 valence electrons. The van der Waals surface area contributed by atoms with Gasteiger partial charge in [-0.15, -0.1) is 10.2 Å². The van der Waals surface area contributed by atoms with Gasteiger partial charge in [0, 0.05) is 43.4 Å². The largest absolute Gasteiger partial charge is 0.342 e. The lowest BCUT2D eigenvalue weighted by Gasteiger charge is -2.32. The maximum Gasteiger partial charge on any atom is 0.226 e. The predicted octanol–water partition coefficient (Wildman–Crippen LogP) is 1.99. The topological polar surface area (TPSA) is 63.1 Å². The highest BCUT2D eigenvalue weighted by Gasteiger charge is 2.62. The third-order valence-corrected chi connectivity index (χ3v) is 7.59. The number of hydrogen-bond acceptors (Lipinski definition) is 4. The lowest BCUT2D eigenvalue weighted by atomic mass is 9.93. The van der Waals surface area contributed by atoms with E-state index >= 15 is 0 Å². The first-order valence-corrected chi connectivity index (χ1v) is 10.8. The number of hydrogen-bond donors (Lipinski definition) is 1. The molecule has 0 bridgehead atoms. The second-order valence-electron chi connectivity index (χ2n) is 8.97. The first-order valence-electron chi connectivity index (χ1n) is 10.8. The van der Waals surface area contributed by atoms with Gasteiger partial charge in [0.1, 0.15) is 11.6 Å². The zero-order chi connectivity index (χ0) is 18.7. The number of aryl methyl sites for hydroxylation is 1. The van der Waals surface area contributed by atoms with E-state index in [9.17, 15) is 4.79 Å². The number of nitrogens with zero attached hydrogens (tertiary/aromatic N) is 4. The van der Waals surface area contributed by atoms with Crippen molar-refractivity contribution in [3.63, 3.8) is 0 Å². The molecule has 1 saturated heterocycles. The normalized spacial score (nSPS) is 29.0. The summed E-state index contributed by atoms with van der Waals surface area (Å²) < 4.78 is 2.30. The van der Waals surface area contributed by atoms with E-state index in [-0.39, 0.29) is 11.3 Å². The van der Waals surface area contributed by atoms with Gasteiger partial charge in [-0.05, 0) is 43.2 Å². The summed E-state index contributed by atoms with van der Waals surface area (Å²) in [5, 5.41) is 12.2. The molecule has 1 aromatic heterocycles. The quantitative estimate of drug-likeness (QED) is 0.869. The van der Waals surface area contributed by atoms with Gasteiger partial charge in [-0.25, -0.2) is 0 Å². The number of fused-ring (bicyclic) bond motifs is 3. The number of carbonyl (C=O) groups excluding carboxylic acids is 1. The van der Waals surface area contributed by atoms with Crippen LogP contribution in [-0.2, 0) is 29.7 Å². The number of rotatable bonds is 2. The average Bonchev–Trinajstić information content (AvgIpc) is 3.13. The van der Waals surface area contributed by atoms with Crippen LogP contribution >= 0.6 is 0 Å². The highest BCUT2D eigenvalue weighted by molar-refractivity contribution is 5.85. The highest BCUT2D eigenvalue weighted by atomic mass is 16.2. The van der Waals surface area contributed by atoms with Crippen molar-refractivity contribution in [3.8, 4) is 0 Å². The highest BCUT2D eigenvalue weighted by Crippen LogP contribution is 2.62. The maximum atomic E-state index is 13.2. The maximum absolute atomic E-state index is 13.2. The third kappa shape index (κ3) is 2.40. The minimum Gasteiger partial charge on any atom is -0.342 e. The molecule has 2 aromatic rings. The number of aromatic nitrogens is 3. The van der Waals surface area contributed by atoms with Gasteiger partial charge >= 0.3 is 0 Å². The van der Waals surface area contributed by atoms with Crippen LogP contribution in [0.3, 0.4) is 0 Å². The predicted molar refractivity (Wildman–Crippen MR) is 105 cm³/mol. The molecule has 1 amide bonds. The monoisotopic (exact) mass is 377 g/mol. The van der Waals surface area contributed by atoms with E-state index in [0.717, 1.165) is 76.5 Å². The Labute approximate surface area is 165 Å². The Balaban J connectivity index is 1.13. The molecule has 28 heavy (non-hydrogen) atoms. The third-order valence-electron chi connectivity index (χ3n) is 7.59. The number of piperidine rings is 1. The summed E-state index contributed by atoms with van der Waals surface area (Å²) in [6.07, 6.45) is 5.35. The van der Waals surface area contributed by atoms with Gasteiger partial charge in [-0.1, -0.05) is 24.3 Å². The first-order chi connectivity index (χ1) is 13.8. The van der Waals surface area contributed by atoms with Crippen molar-refractivity contribution in [1.82, 2.24) is 25.0 Å². The molecule has 1 saturated carbocycles. The van der Waals surface area contributed by atoms with Crippen LogP contribution in [0.25, 0.3) is 0 Å². The fourth-order valence-corrected chi connectivity index (χ4v) is 5.91. The van der Waals surface area contributed by atoms with Crippen molar-refractivity contribution >= 4 is 5.91 Å². The Morgan fingerprint density at radius 2 is 2.00 bits per heavy atom. The van der Waals surface area contributed by atoms with E-state index in [1.807, 2.05) is 0 Å². The first kappa shape index (κ1) is 16.7. The fraction of sp³-hybridized carbons (Fsp3) is 0.591. The molecule has 6 heteroatoms. The summed E-state index contributed by atoms with van der Waals surface area (Å²) in [5.41, 5.74) is 3.07. The minimum absolute atomic E-state index is 0.156. The van der Waals surface area contributed by atoms with E-state index < -0.39 is 0 Å². The number of benzene rings is 1. The molecule has 3 heterocycles. The van der Waals surface area contributed by atoms with Gasteiger partial charge in [0.15, 0.2) is 0 Å². The van der Waals surface area contributed by atoms with Crippen molar-refractivity contribution in [1.29, 1.82) is 0 Å². The number of likely N-dealkylation sites (tertiary alicyclic amines) is 1. The molecule has 2 fully saturated rings. The summed E-state index contributed by atoms with van der Waals surface area (Å²) in [6, 6.07) is 8.75. The van der Waals surface area contributed by atoms with Gasteiger partial charge in [-0.2, -0.15) is 0 Å². The number of amides is 1. The van der Waals surface area contributed by atoms with Crippen LogP contribution in [-0.4, -0.2) is 45.2 Å². The van der Waals surface area contributed by atoms with Crippen molar-refractivity contribution in [3.05, 3.63) is 47.0 Å². The number of nitrogens with one attached hydrogen (secondary N) is 1. The van der Waals surface area contributed by atoms with Gasteiger partial charge in [0.05, 0.1) is 6.54 Å². The van der Waals surface area contributed by atoms with Crippen LogP contribution in [0.1, 0.15) is 54.4 Å². The summed E-state index contributed by atoms with van der Waals surface area (Å²) in [7, 11) is 0. The molecular weight excluding hydrogens is 350 g/mol. The van der Waals surface area contributed by atoms with E-state index in [1.54, 1.807) is 0 Å². The Kier molecular flexibility index (Phi) is 3.67. The lowest BCUT2D eigenvalue weighted by molar-refractivity contribution is -0.134. The van der Waals surface area contributed by atoms with Crippen LogP contribution < -0.4 is 5.32 Å². The molecule has 1 spiro atoms. The molecule has 1 aromatic carbocycles. The summed E-state index contributed by atoms with van der Waals surface area (Å²) >= 11 is 0. The zero-order valence-electron chi connectivity index (χ0n) is 16.2. The molecule has 1 N–H and O–H groups in total. The Hall–Kier alpha value is -2.21. The second kappa shape index (κ2) is 6.14. The van der Waals surface area contributed by atoms with Gasteiger partial charge in [0.2, 0.25) is 5.91 Å². The Morgan fingerprint density at radius 1 is 1.14 bits per heavy atom. The standard InChI is InChI=1S/C22H27N5O/c28-21(18-13-22(18)8-5-15-3-1-2-4-17(15)22)26-10-6-16(7-11-26)20-25-24-19-14-23-9-12-27(19)20/h1-4,16,18,23H,5-14H2. The lowest BCUT2D eigenvalue weighted by Crippen LogP contribution is -2.40. The van der Waals surface area contributed by atoms with Crippen LogP contribution in [0.4, 0.5) is 0 Å². The number of carbonyl (C=O) groups is 1. The summed E-state index contributed by atoms with van der Waals surface area (Å²) in [5.74, 6) is 3.22. The van der Waals surface area contributed by atoms with Gasteiger partial charge in [0.25, 0.3) is 0 Å². The zero-order valence-corrected chi connectivity index (χ0v) is 16.2. The summed E-state index contributed by atoms with van der Waals surface area (Å²) in [6.45, 7) is 4.48. The molecule has 4 aliphatic rings. The molecule has 2 atom stereocenters. The van der Waals surface area contributed by atoms with E-state index in [4.69, 9.17) is 0 Å². The van der Waals surface area contributed by atoms with E-state index in [0.29, 0.717) is 11.8 Å². The van der Waals surface area contributed by atoms with Gasteiger partial charge < -0.3 is 14.8 Å². The molecule has 2 aliphatic heterocycles. The van der Waals surface area contributed by atoms with Crippen LogP contribution in [0, 0.1) is 5.92 Å². The minimum atomic E-state index is 0.156. The van der Waals surface area contributed by atoms with Gasteiger partial charge in [-0.3, -0.25) is 4.79 Å². The molecule has 6 nitrogen and oxygen atoms in total. The van der Waals surface area contributed by atoms with Crippen LogP contribution in [0.2, 0.25) is 0 Å². The van der Waals surface area contributed by atoms with Crippen molar-refractivity contribution < 1.29 is 4.79 Å². The van der Waals surface area contributed by atoms with E-state index in [1.165, 1.54) is 11.1 Å². The molecule has 2 aliphatic carbocycles. The second-order valence-corrected chi connectivity index (χ2v) is 8.97. The average molecular weight is 377 g/mol. The molecule has 6 rings (SSSR count). The van der Waals surface area contributed by atoms with Crippen molar-refractivity contribution in [2.75, 3.05) is 19.6 Å². The van der Waals surface area contributed by atoms with Crippen molar-refractivity contribution in [2.45, 2.75) is 56.5 Å². The molecule has 0 radical (unpaired) electrons. The summed E-state index contributed by atoms with van der Waals surface area (Å²) in [4.78, 5) is 15.4. The molecular formula is C22H27N5O. The fourth-order valence-electron chi connectivity index (χ4n) is 5.91. The Morgan fingerprint density at radius 3 is 2.89 bits per heavy atom. The molecule has 2 unspecified atom stereocenters. The van der Waals surface area contributed by atoms with Crippen molar-refractivity contribution in [2.24, 2.45) is 5.92 Å². The Bertz CT molecular complexity index is 929. The van der Waals surface area contributed by atoms with E-state index in [2.05, 4.69) is 49.2 Å². The van der Waals surface area contributed by atoms with Crippen LogP contribution in [0.15, 0.2) is 24.3 Å². The smallest absolute Gasteiger partial charge is 0.226 e.